The second kappa shape index (κ2) is 4.35. The zero-order valence-corrected chi connectivity index (χ0v) is 11.2. The number of nitrogens with one attached hydrogen (secondary N) is 1. The van der Waals surface area contributed by atoms with Crippen molar-refractivity contribution in [3.63, 3.8) is 0 Å². The molecule has 3 N–H and O–H groups in total. The quantitative estimate of drug-likeness (QED) is 0.847. The van der Waals surface area contributed by atoms with Gasteiger partial charge in [-0.05, 0) is 24.6 Å². The van der Waals surface area contributed by atoms with Crippen molar-refractivity contribution >= 4 is 23.4 Å². The fourth-order valence-corrected chi connectivity index (χ4v) is 2.73. The Kier molecular flexibility index (Phi) is 3.19. The van der Waals surface area contributed by atoms with Crippen LogP contribution in [0.15, 0.2) is 23.1 Å². The van der Waals surface area contributed by atoms with E-state index in [-0.39, 0.29) is 16.6 Å². The Morgan fingerprint density at radius 3 is 2.82 bits per heavy atom. The third-order valence-electron chi connectivity index (χ3n) is 3.20. The molecule has 0 saturated heterocycles. The van der Waals surface area contributed by atoms with E-state index < -0.39 is 0 Å². The van der Waals surface area contributed by atoms with Crippen LogP contribution in [0.1, 0.15) is 26.3 Å². The highest BCUT2D eigenvalue weighted by Crippen LogP contribution is 2.38. The van der Waals surface area contributed by atoms with Crippen LogP contribution in [0.5, 0.6) is 0 Å². The third-order valence-corrected chi connectivity index (χ3v) is 4.36. The fourth-order valence-electron chi connectivity index (χ4n) is 1.74. The maximum atomic E-state index is 11.5. The molecular weight excluding hydrogens is 232 g/mol. The molecule has 1 aliphatic heterocycles. The van der Waals surface area contributed by atoms with Gasteiger partial charge in [-0.15, -0.1) is 11.8 Å². The van der Waals surface area contributed by atoms with E-state index in [9.17, 15) is 4.79 Å². The van der Waals surface area contributed by atoms with Gasteiger partial charge in [-0.25, -0.2) is 0 Å². The molecule has 2 rings (SSSR count). The van der Waals surface area contributed by atoms with Gasteiger partial charge in [0.25, 0.3) is 0 Å². The Morgan fingerprint density at radius 1 is 1.47 bits per heavy atom. The fraction of sp³-hybridized carbons (Fsp3) is 0.462. The number of amides is 1. The van der Waals surface area contributed by atoms with Gasteiger partial charge >= 0.3 is 0 Å². The van der Waals surface area contributed by atoms with Crippen LogP contribution in [0, 0.1) is 0 Å². The summed E-state index contributed by atoms with van der Waals surface area (Å²) < 4.78 is 0. The topological polar surface area (TPSA) is 55.1 Å². The molecule has 1 aliphatic rings. The summed E-state index contributed by atoms with van der Waals surface area (Å²) in [7, 11) is 0. The van der Waals surface area contributed by atoms with E-state index in [4.69, 9.17) is 5.73 Å². The summed E-state index contributed by atoms with van der Waals surface area (Å²) in [5.41, 5.74) is 7.89. The number of thioether (sulfide) groups is 1. The minimum Gasteiger partial charge on any atom is -0.330 e. The Morgan fingerprint density at radius 2 is 2.18 bits per heavy atom. The van der Waals surface area contributed by atoms with Crippen molar-refractivity contribution in [1.29, 1.82) is 0 Å². The summed E-state index contributed by atoms with van der Waals surface area (Å²) in [4.78, 5) is 12.7. The average Bonchev–Trinajstić information content (AvgIpc) is 2.30. The van der Waals surface area contributed by atoms with E-state index in [1.54, 1.807) is 11.8 Å². The van der Waals surface area contributed by atoms with Crippen LogP contribution in [0.25, 0.3) is 0 Å². The van der Waals surface area contributed by atoms with Crippen LogP contribution in [-0.2, 0) is 10.2 Å². The van der Waals surface area contributed by atoms with Crippen LogP contribution in [0.2, 0.25) is 0 Å². The first-order valence-corrected chi connectivity index (χ1v) is 6.64. The van der Waals surface area contributed by atoms with Gasteiger partial charge in [-0.2, -0.15) is 0 Å². The summed E-state index contributed by atoms with van der Waals surface area (Å²) >= 11 is 1.61. The zero-order valence-electron chi connectivity index (χ0n) is 10.4. The average molecular weight is 250 g/mol. The predicted octanol–water partition coefficient (Wildman–Crippen LogP) is 2.36. The van der Waals surface area contributed by atoms with Crippen LogP contribution in [0.4, 0.5) is 5.69 Å². The summed E-state index contributed by atoms with van der Waals surface area (Å²) in [5, 5.41) is 2.89. The molecule has 0 aromatic heterocycles. The Bertz CT molecular complexity index is 457. The van der Waals surface area contributed by atoms with Crippen molar-refractivity contribution in [3.8, 4) is 0 Å². The lowest BCUT2D eigenvalue weighted by Crippen LogP contribution is -2.29. The standard InChI is InChI=1S/C13H18N2OS/c1-8-12(16)15-10-5-4-9(6-11(10)17-8)13(2,3)7-14/h4-6,8H,7,14H2,1-3H3,(H,15,16). The van der Waals surface area contributed by atoms with E-state index >= 15 is 0 Å². The number of hydrogen-bond donors (Lipinski definition) is 2. The Balaban J connectivity index is 2.38. The lowest BCUT2D eigenvalue weighted by atomic mass is 9.85. The van der Waals surface area contributed by atoms with Gasteiger partial charge in [0.05, 0.1) is 10.9 Å². The molecule has 1 unspecified atom stereocenters. The largest absolute Gasteiger partial charge is 0.330 e. The number of anilines is 1. The lowest BCUT2D eigenvalue weighted by molar-refractivity contribution is -0.115. The van der Waals surface area contributed by atoms with E-state index in [0.717, 1.165) is 10.6 Å². The van der Waals surface area contributed by atoms with Gasteiger partial charge in [-0.3, -0.25) is 4.79 Å². The normalized spacial score (nSPS) is 19.8. The minimum absolute atomic E-state index is 0.0275. The van der Waals surface area contributed by atoms with Crippen molar-refractivity contribution in [2.24, 2.45) is 5.73 Å². The molecule has 0 aliphatic carbocycles. The van der Waals surface area contributed by atoms with Crippen molar-refractivity contribution in [2.45, 2.75) is 36.3 Å². The SMILES string of the molecule is CC1Sc2cc(C(C)(C)CN)ccc2NC1=O. The van der Waals surface area contributed by atoms with Crippen LogP contribution in [-0.4, -0.2) is 17.7 Å². The molecule has 92 valence electrons. The predicted molar refractivity (Wildman–Crippen MR) is 72.5 cm³/mol. The molecule has 1 amide bonds. The second-order valence-corrected chi connectivity index (χ2v) is 6.43. The molecular formula is C13H18N2OS. The zero-order chi connectivity index (χ0) is 12.6. The molecule has 17 heavy (non-hydrogen) atoms. The van der Waals surface area contributed by atoms with Gasteiger partial charge in [0.15, 0.2) is 0 Å². The van der Waals surface area contributed by atoms with Crippen LogP contribution in [0.3, 0.4) is 0 Å². The highest BCUT2D eigenvalue weighted by atomic mass is 32.2. The number of carbonyl (C=O) groups excluding carboxylic acids is 1. The van der Waals surface area contributed by atoms with Gasteiger partial charge < -0.3 is 11.1 Å². The second-order valence-electron chi connectivity index (χ2n) is 5.05. The summed E-state index contributed by atoms with van der Waals surface area (Å²) in [5.74, 6) is 0.0772. The van der Waals surface area contributed by atoms with Gasteiger partial charge in [-0.1, -0.05) is 19.9 Å². The minimum atomic E-state index is -0.0289. The van der Waals surface area contributed by atoms with Crippen molar-refractivity contribution in [1.82, 2.24) is 0 Å². The lowest BCUT2D eigenvalue weighted by Gasteiger charge is -2.27. The first kappa shape index (κ1) is 12.5. The molecule has 3 nitrogen and oxygen atoms in total. The Hall–Kier alpha value is -1.00. The van der Waals surface area contributed by atoms with E-state index in [1.807, 2.05) is 19.1 Å². The first-order chi connectivity index (χ1) is 7.94. The molecule has 1 atom stereocenters. The van der Waals surface area contributed by atoms with E-state index in [0.29, 0.717) is 6.54 Å². The molecule has 4 heteroatoms. The molecule has 0 saturated carbocycles. The third kappa shape index (κ3) is 2.33. The highest BCUT2D eigenvalue weighted by molar-refractivity contribution is 8.00. The van der Waals surface area contributed by atoms with Gasteiger partial charge in [0.1, 0.15) is 0 Å². The summed E-state index contributed by atoms with van der Waals surface area (Å²) in [6, 6.07) is 6.16. The van der Waals surface area contributed by atoms with E-state index in [1.165, 1.54) is 5.56 Å². The number of hydrogen-bond acceptors (Lipinski definition) is 3. The molecule has 0 fully saturated rings. The van der Waals surface area contributed by atoms with E-state index in [2.05, 4.69) is 25.2 Å². The highest BCUT2D eigenvalue weighted by Gasteiger charge is 2.25. The monoisotopic (exact) mass is 250 g/mol. The number of benzene rings is 1. The van der Waals surface area contributed by atoms with Crippen LogP contribution < -0.4 is 11.1 Å². The van der Waals surface area contributed by atoms with Crippen molar-refractivity contribution < 1.29 is 4.79 Å². The number of fused-ring (bicyclic) bond motifs is 1. The van der Waals surface area contributed by atoms with Gasteiger partial charge in [0.2, 0.25) is 5.91 Å². The smallest absolute Gasteiger partial charge is 0.237 e. The molecule has 0 bridgehead atoms. The number of nitrogens with two attached hydrogens (primary N) is 1. The molecule has 1 heterocycles. The molecule has 0 spiro atoms. The van der Waals surface area contributed by atoms with Crippen LogP contribution >= 0.6 is 11.8 Å². The number of carbonyl (C=O) groups is 1. The maximum absolute atomic E-state index is 11.5. The summed E-state index contributed by atoms with van der Waals surface area (Å²) in [6.07, 6.45) is 0. The molecule has 0 radical (unpaired) electrons. The molecule has 1 aromatic carbocycles. The number of rotatable bonds is 2. The molecule has 1 aromatic rings. The van der Waals surface area contributed by atoms with Gasteiger partial charge in [0, 0.05) is 16.9 Å². The Labute approximate surface area is 106 Å². The maximum Gasteiger partial charge on any atom is 0.237 e. The summed E-state index contributed by atoms with van der Waals surface area (Å²) in [6.45, 7) is 6.79. The first-order valence-electron chi connectivity index (χ1n) is 5.76. The van der Waals surface area contributed by atoms with Crippen molar-refractivity contribution in [3.05, 3.63) is 23.8 Å². The van der Waals surface area contributed by atoms with Crippen molar-refractivity contribution in [2.75, 3.05) is 11.9 Å².